The quantitative estimate of drug-likeness (QED) is 0.389. The van der Waals surface area contributed by atoms with E-state index in [-0.39, 0.29) is 57.1 Å². The van der Waals surface area contributed by atoms with Gasteiger partial charge in [-0.1, -0.05) is 46.3 Å². The van der Waals surface area contributed by atoms with Crippen LogP contribution in [-0.2, 0) is 19.1 Å². The summed E-state index contributed by atoms with van der Waals surface area (Å²) in [6.07, 6.45) is 11.6. The van der Waals surface area contributed by atoms with Crippen LogP contribution >= 0.6 is 0 Å². The molecule has 0 amide bonds. The molecule has 0 saturated heterocycles. The first kappa shape index (κ1) is 26.0. The highest BCUT2D eigenvalue weighted by Crippen LogP contribution is 2.76. The van der Waals surface area contributed by atoms with Crippen molar-refractivity contribution in [2.45, 2.75) is 99.3 Å². The van der Waals surface area contributed by atoms with Crippen LogP contribution in [0.5, 0.6) is 0 Å². The minimum atomic E-state index is -0.586. The van der Waals surface area contributed by atoms with E-state index in [1.54, 1.807) is 0 Å². The molecule has 0 aromatic carbocycles. The maximum Gasteiger partial charge on any atom is 0.312 e. The second-order valence-corrected chi connectivity index (χ2v) is 15.1. The average molecular weight is 518 g/mol. The molecular formula is C33H43NO4. The molecular weight excluding hydrogens is 474 g/mol. The van der Waals surface area contributed by atoms with Crippen molar-refractivity contribution in [1.82, 2.24) is 0 Å². The molecule has 0 bridgehead atoms. The lowest BCUT2D eigenvalue weighted by Gasteiger charge is -2.68. The Labute approximate surface area is 227 Å². The second kappa shape index (κ2) is 7.70. The van der Waals surface area contributed by atoms with Crippen LogP contribution in [0.4, 0.5) is 0 Å². The van der Waals surface area contributed by atoms with E-state index in [1.807, 2.05) is 19.1 Å². The van der Waals surface area contributed by atoms with Crippen molar-refractivity contribution in [3.63, 3.8) is 0 Å². The van der Waals surface area contributed by atoms with E-state index in [0.717, 1.165) is 63.4 Å². The zero-order chi connectivity index (χ0) is 27.5. The minimum absolute atomic E-state index is 0.0271. The number of nitriles is 1. The van der Waals surface area contributed by atoms with Crippen LogP contribution in [0.3, 0.4) is 0 Å². The molecule has 204 valence electrons. The van der Waals surface area contributed by atoms with Crippen molar-refractivity contribution in [1.29, 1.82) is 5.26 Å². The van der Waals surface area contributed by atoms with Gasteiger partial charge in [0.1, 0.15) is 6.07 Å². The standard InChI is InChI=1S/C33H43NO4/c1-7-38-27(37)32-12-10-28(2,3)18-21(32)25-22(35)16-24-29(4)17-20(19-34)26(36)33(14-15-33)23(29)8-9-30(24,5)31(25,6)11-13-32/h16-17,21,23,25H,7-15,18H2,1-6H3/t21-,23+,25-,29-,30+,31+,32-/m0/s1. The predicted octanol–water partition coefficient (Wildman–Crippen LogP) is 6.52. The lowest BCUT2D eigenvalue weighted by molar-refractivity contribution is -0.192. The summed E-state index contributed by atoms with van der Waals surface area (Å²) in [6.45, 7) is 13.6. The van der Waals surface area contributed by atoms with Gasteiger partial charge in [0.15, 0.2) is 11.6 Å². The first-order chi connectivity index (χ1) is 17.7. The summed E-state index contributed by atoms with van der Waals surface area (Å²) in [6, 6.07) is 2.22. The molecule has 6 aliphatic carbocycles. The minimum Gasteiger partial charge on any atom is -0.466 e. The van der Waals surface area contributed by atoms with Crippen molar-refractivity contribution >= 4 is 17.5 Å². The zero-order valence-corrected chi connectivity index (χ0v) is 24.0. The number of ketones is 2. The van der Waals surface area contributed by atoms with Crippen LogP contribution in [0.25, 0.3) is 0 Å². The zero-order valence-electron chi connectivity index (χ0n) is 24.0. The van der Waals surface area contributed by atoms with Crippen LogP contribution in [0.2, 0.25) is 0 Å². The molecule has 7 atom stereocenters. The van der Waals surface area contributed by atoms with Crippen LogP contribution in [0.1, 0.15) is 99.3 Å². The Balaban J connectivity index is 1.51. The summed E-state index contributed by atoms with van der Waals surface area (Å²) in [4.78, 5) is 41.3. The number of carbonyl (C=O) groups is 3. The molecule has 0 aliphatic heterocycles. The average Bonchev–Trinajstić information content (AvgIpc) is 3.64. The lowest BCUT2D eigenvalue weighted by atomic mass is 9.34. The predicted molar refractivity (Wildman–Crippen MR) is 143 cm³/mol. The number of esters is 1. The smallest absolute Gasteiger partial charge is 0.312 e. The number of nitrogens with zero attached hydrogens (tertiary/aromatic N) is 1. The van der Waals surface area contributed by atoms with Crippen molar-refractivity contribution in [3.05, 3.63) is 23.3 Å². The van der Waals surface area contributed by atoms with Gasteiger partial charge < -0.3 is 4.74 Å². The molecule has 0 aromatic heterocycles. The third kappa shape index (κ3) is 2.96. The largest absolute Gasteiger partial charge is 0.466 e. The highest BCUT2D eigenvalue weighted by Gasteiger charge is 2.73. The van der Waals surface area contributed by atoms with Crippen LogP contribution in [0.15, 0.2) is 23.3 Å². The molecule has 0 aromatic rings. The number of ether oxygens (including phenoxy) is 1. The summed E-state index contributed by atoms with van der Waals surface area (Å²) in [5.41, 5.74) is -0.538. The van der Waals surface area contributed by atoms with Gasteiger partial charge in [0, 0.05) is 16.7 Å². The van der Waals surface area contributed by atoms with E-state index in [2.05, 4.69) is 40.7 Å². The fraction of sp³-hybridized carbons (Fsp3) is 0.758. The highest BCUT2D eigenvalue weighted by molar-refractivity contribution is 6.06. The fourth-order valence-electron chi connectivity index (χ4n) is 10.6. The van der Waals surface area contributed by atoms with Gasteiger partial charge in [-0.25, -0.2) is 0 Å². The molecule has 4 fully saturated rings. The van der Waals surface area contributed by atoms with Gasteiger partial charge in [-0.05, 0) is 98.9 Å². The maximum absolute atomic E-state index is 14.4. The number of allylic oxidation sites excluding steroid dienone is 4. The summed E-state index contributed by atoms with van der Waals surface area (Å²) < 4.78 is 5.70. The normalized spacial score (nSPS) is 45.9. The molecule has 0 N–H and O–H groups in total. The number of hydrogen-bond acceptors (Lipinski definition) is 5. The Kier molecular flexibility index (Phi) is 5.28. The molecule has 6 rings (SSSR count). The van der Waals surface area contributed by atoms with Gasteiger partial charge in [0.25, 0.3) is 0 Å². The third-order valence-corrected chi connectivity index (χ3v) is 13.0. The summed E-state index contributed by atoms with van der Waals surface area (Å²) in [5, 5.41) is 9.91. The first-order valence-corrected chi connectivity index (χ1v) is 14.9. The molecule has 0 heterocycles. The second-order valence-electron chi connectivity index (χ2n) is 15.1. The van der Waals surface area contributed by atoms with E-state index in [9.17, 15) is 19.6 Å². The van der Waals surface area contributed by atoms with E-state index in [4.69, 9.17) is 4.74 Å². The molecule has 0 unspecified atom stereocenters. The van der Waals surface area contributed by atoms with Crippen LogP contribution < -0.4 is 0 Å². The van der Waals surface area contributed by atoms with Gasteiger partial charge in [-0.15, -0.1) is 0 Å². The fourth-order valence-corrected chi connectivity index (χ4v) is 10.6. The first-order valence-electron chi connectivity index (χ1n) is 14.9. The van der Waals surface area contributed by atoms with E-state index in [1.165, 1.54) is 0 Å². The Morgan fingerprint density at radius 1 is 1.03 bits per heavy atom. The summed E-state index contributed by atoms with van der Waals surface area (Å²) in [7, 11) is 0. The molecule has 1 spiro atoms. The molecule has 6 aliphatic rings. The van der Waals surface area contributed by atoms with Crippen molar-refractivity contribution in [2.24, 2.45) is 50.2 Å². The number of fused-ring (bicyclic) bond motifs is 8. The SMILES string of the molecule is CCOC(=O)[C@]12CCC(C)(C)C[C@H]1[C@H]1C(=O)C=C3[C@@]4(C)C=C(C#N)C(=O)C5(CC5)[C@@H]4CC[C@@]3(C)[C@]1(C)CC2. The number of Topliss-reactive ketones (excluding diaryl/α,β-unsaturated/α-hetero) is 1. The van der Waals surface area contributed by atoms with Gasteiger partial charge in [0.2, 0.25) is 0 Å². The Morgan fingerprint density at radius 2 is 1.71 bits per heavy atom. The van der Waals surface area contributed by atoms with E-state index < -0.39 is 16.2 Å². The monoisotopic (exact) mass is 517 g/mol. The lowest BCUT2D eigenvalue weighted by Crippen LogP contribution is -2.65. The number of rotatable bonds is 2. The van der Waals surface area contributed by atoms with Crippen LogP contribution in [0, 0.1) is 61.6 Å². The van der Waals surface area contributed by atoms with Gasteiger partial charge in [0.05, 0.1) is 17.6 Å². The Morgan fingerprint density at radius 3 is 2.34 bits per heavy atom. The summed E-state index contributed by atoms with van der Waals surface area (Å²) in [5.74, 6) is -0.0548. The molecule has 0 radical (unpaired) electrons. The van der Waals surface area contributed by atoms with Crippen molar-refractivity contribution in [3.8, 4) is 6.07 Å². The Hall–Kier alpha value is -2.22. The molecule has 4 saturated carbocycles. The van der Waals surface area contributed by atoms with Gasteiger partial charge >= 0.3 is 5.97 Å². The Bertz CT molecular complexity index is 1250. The van der Waals surface area contributed by atoms with Crippen LogP contribution in [-0.4, -0.2) is 24.1 Å². The number of carbonyl (C=O) groups excluding carboxylic acids is 3. The highest BCUT2D eigenvalue weighted by atomic mass is 16.5. The van der Waals surface area contributed by atoms with E-state index >= 15 is 0 Å². The van der Waals surface area contributed by atoms with Gasteiger partial charge in [-0.3, -0.25) is 14.4 Å². The van der Waals surface area contributed by atoms with E-state index in [0.29, 0.717) is 6.61 Å². The number of hydrogen-bond donors (Lipinski definition) is 0. The molecule has 5 heteroatoms. The maximum atomic E-state index is 14.4. The summed E-state index contributed by atoms with van der Waals surface area (Å²) >= 11 is 0. The molecule has 5 nitrogen and oxygen atoms in total. The van der Waals surface area contributed by atoms with Crippen molar-refractivity contribution in [2.75, 3.05) is 6.61 Å². The van der Waals surface area contributed by atoms with Gasteiger partial charge in [-0.2, -0.15) is 5.26 Å². The third-order valence-electron chi connectivity index (χ3n) is 13.0. The molecule has 38 heavy (non-hydrogen) atoms. The van der Waals surface area contributed by atoms with Crippen molar-refractivity contribution < 1.29 is 19.1 Å². The topological polar surface area (TPSA) is 84.2 Å².